The first-order chi connectivity index (χ1) is 26.0. The summed E-state index contributed by atoms with van der Waals surface area (Å²) in [6, 6.07) is 11.1. The molecule has 2 atom stereocenters. The van der Waals surface area contributed by atoms with Crippen LogP contribution in [-0.2, 0) is 14.3 Å². The molecule has 2 aromatic heterocycles. The smallest absolute Gasteiger partial charge is 0.266 e. The van der Waals surface area contributed by atoms with Gasteiger partial charge >= 0.3 is 0 Å². The van der Waals surface area contributed by atoms with Crippen molar-refractivity contribution in [3.63, 3.8) is 0 Å². The van der Waals surface area contributed by atoms with E-state index in [2.05, 4.69) is 35.9 Å². The van der Waals surface area contributed by atoms with Crippen molar-refractivity contribution in [1.29, 1.82) is 0 Å². The van der Waals surface area contributed by atoms with Crippen LogP contribution >= 0.6 is 22.9 Å². The lowest BCUT2D eigenvalue weighted by Crippen LogP contribution is -2.51. The molecule has 54 heavy (non-hydrogen) atoms. The Morgan fingerprint density at radius 2 is 1.76 bits per heavy atom. The third-order valence-electron chi connectivity index (χ3n) is 10.0. The van der Waals surface area contributed by atoms with Crippen LogP contribution in [-0.4, -0.2) is 74.7 Å². The van der Waals surface area contributed by atoms with Gasteiger partial charge in [0.1, 0.15) is 34.4 Å². The van der Waals surface area contributed by atoms with E-state index < -0.39 is 29.8 Å². The number of rotatable bonds is 14. The molecule has 1 N–H and O–H groups in total. The van der Waals surface area contributed by atoms with Gasteiger partial charge in [0, 0.05) is 59.2 Å². The highest BCUT2D eigenvalue weighted by Gasteiger charge is 2.45. The number of fused-ring (bicyclic) bond motifs is 4. The maximum Gasteiger partial charge on any atom is 0.266 e. The second-order valence-electron chi connectivity index (χ2n) is 13.7. The molecule has 7 rings (SSSR count). The van der Waals surface area contributed by atoms with Crippen molar-refractivity contribution in [2.45, 2.75) is 77.8 Å². The quantitative estimate of drug-likeness (QED) is 0.109. The lowest BCUT2D eigenvalue weighted by molar-refractivity contribution is -0.125. The van der Waals surface area contributed by atoms with E-state index in [0.717, 1.165) is 38.1 Å². The Morgan fingerprint density at radius 1 is 0.981 bits per heavy atom. The molecule has 4 aromatic rings. The summed E-state index contributed by atoms with van der Waals surface area (Å²) in [4.78, 5) is 59.7. The molecule has 1 saturated heterocycles. The van der Waals surface area contributed by atoms with Crippen LogP contribution in [0.1, 0.15) is 105 Å². The molecule has 0 aliphatic carbocycles. The van der Waals surface area contributed by atoms with E-state index in [0.29, 0.717) is 74.0 Å². The van der Waals surface area contributed by atoms with Gasteiger partial charge in [-0.25, -0.2) is 0 Å². The zero-order valence-electron chi connectivity index (χ0n) is 30.4. The van der Waals surface area contributed by atoms with E-state index in [1.807, 2.05) is 35.8 Å². The van der Waals surface area contributed by atoms with Crippen molar-refractivity contribution in [2.75, 3.05) is 19.8 Å². The number of nitrogens with one attached hydrogen (secondary N) is 1. The van der Waals surface area contributed by atoms with Crippen molar-refractivity contribution >= 4 is 52.2 Å². The van der Waals surface area contributed by atoms with E-state index in [-0.39, 0.29) is 29.9 Å². The first kappa shape index (κ1) is 37.3. The molecule has 3 aliphatic rings. The van der Waals surface area contributed by atoms with E-state index in [9.17, 15) is 19.2 Å². The number of piperidine rings is 1. The highest BCUT2D eigenvalue weighted by molar-refractivity contribution is 7.15. The average molecular weight is 769 g/mol. The number of halogens is 1. The molecule has 3 amide bonds. The Kier molecular flexibility index (Phi) is 10.9. The topological polar surface area (TPSA) is 145 Å². The number of ether oxygens (including phenoxy) is 2. The third-order valence-corrected chi connectivity index (χ3v) is 11.4. The number of unbranched alkanes of at least 4 members (excludes halogenated alkanes) is 1. The van der Waals surface area contributed by atoms with Crippen molar-refractivity contribution in [2.24, 2.45) is 4.99 Å². The first-order valence-corrected chi connectivity index (χ1v) is 19.3. The standard InChI is InChI=1S/C40H41ClN6O6S/c1-22-12-17-31(37(49)42-22)47-38(50)29-10-7-11-32(34(29)39(47)51)53-20-8-19-52-18-6-5-9-28(48)21-30-36-45-44-25(4)46(36)40-33(23(2)24(3)54-40)35(43-30)26-13-15-27(41)16-14-26/h7,10-11,13-16,30-31H,1,5-6,8-9,12,17-21H2,2-4H3,(H,42,49)/t30-,31?/m0/s1. The first-order valence-electron chi connectivity index (χ1n) is 18.1. The SMILES string of the molecule is C=C1CCC(N2C(=O)c3cccc(OCCCOCCCCC(=O)C[C@@H]4N=C(c5ccc(Cl)cc5)c5c(sc(C)c5C)-n5c(C)nnc54)c3C2=O)C(=O)N1. The number of imide groups is 1. The molecule has 3 aliphatic heterocycles. The lowest BCUT2D eigenvalue weighted by Gasteiger charge is -2.29. The van der Waals surface area contributed by atoms with Gasteiger partial charge in [-0.3, -0.25) is 33.6 Å². The summed E-state index contributed by atoms with van der Waals surface area (Å²) in [6.07, 6.45) is 3.36. The Bertz CT molecular complexity index is 2190. The van der Waals surface area contributed by atoms with E-state index >= 15 is 0 Å². The summed E-state index contributed by atoms with van der Waals surface area (Å²) < 4.78 is 13.8. The van der Waals surface area contributed by atoms with Gasteiger partial charge in [-0.15, -0.1) is 21.5 Å². The van der Waals surface area contributed by atoms with Crippen LogP contribution in [0.2, 0.25) is 5.02 Å². The van der Waals surface area contributed by atoms with Crippen LogP contribution in [0.5, 0.6) is 5.75 Å². The molecular weight excluding hydrogens is 728 g/mol. The number of benzene rings is 2. The van der Waals surface area contributed by atoms with Crippen molar-refractivity contribution in [3.05, 3.63) is 104 Å². The second kappa shape index (κ2) is 15.8. The van der Waals surface area contributed by atoms with Crippen LogP contribution < -0.4 is 10.1 Å². The van der Waals surface area contributed by atoms with Gasteiger partial charge in [-0.2, -0.15) is 0 Å². The molecule has 0 saturated carbocycles. The number of Topliss-reactive ketones (excluding diaryl/α,β-unsaturated/α-hetero) is 1. The minimum atomic E-state index is -0.882. The van der Waals surface area contributed by atoms with Gasteiger partial charge in [0.2, 0.25) is 5.91 Å². The minimum Gasteiger partial charge on any atom is -0.493 e. The van der Waals surface area contributed by atoms with Crippen LogP contribution in [0.25, 0.3) is 5.00 Å². The van der Waals surface area contributed by atoms with Crippen molar-refractivity contribution in [1.82, 2.24) is 25.0 Å². The Balaban J connectivity index is 0.889. The summed E-state index contributed by atoms with van der Waals surface area (Å²) in [5, 5.41) is 13.2. The predicted molar refractivity (Wildman–Crippen MR) is 205 cm³/mol. The minimum absolute atomic E-state index is 0.0922. The van der Waals surface area contributed by atoms with Crippen LogP contribution in [0.15, 0.2) is 59.7 Å². The summed E-state index contributed by atoms with van der Waals surface area (Å²) in [5.41, 5.74) is 4.90. The Labute approximate surface area is 322 Å². The van der Waals surface area contributed by atoms with Gasteiger partial charge in [-0.1, -0.05) is 36.4 Å². The number of amides is 3. The number of carbonyl (C=O) groups is 4. The van der Waals surface area contributed by atoms with Gasteiger partial charge in [0.05, 0.1) is 23.4 Å². The van der Waals surface area contributed by atoms with Gasteiger partial charge in [0.25, 0.3) is 11.8 Å². The van der Waals surface area contributed by atoms with E-state index in [4.69, 9.17) is 26.1 Å². The number of thiophene rings is 1. The predicted octanol–water partition coefficient (Wildman–Crippen LogP) is 6.80. The number of carbonyl (C=O) groups excluding carboxylic acids is 4. The fourth-order valence-corrected chi connectivity index (χ4v) is 8.45. The normalized spacial score (nSPS) is 17.9. The number of nitrogens with zero attached hydrogens (tertiary/aromatic N) is 5. The molecule has 5 heterocycles. The number of hydrogen-bond donors (Lipinski definition) is 1. The zero-order valence-corrected chi connectivity index (χ0v) is 32.0. The highest BCUT2D eigenvalue weighted by Crippen LogP contribution is 2.40. The lowest BCUT2D eigenvalue weighted by atomic mass is 9.99. The van der Waals surface area contributed by atoms with E-state index in [1.165, 1.54) is 4.88 Å². The molecule has 0 radical (unpaired) electrons. The van der Waals surface area contributed by atoms with E-state index in [1.54, 1.807) is 29.5 Å². The largest absolute Gasteiger partial charge is 0.493 e. The van der Waals surface area contributed by atoms with Crippen LogP contribution in [0.3, 0.4) is 0 Å². The Hall–Kier alpha value is -4.98. The number of aliphatic imine (C=N–C) groups is 1. The molecule has 1 unspecified atom stereocenters. The molecule has 0 bridgehead atoms. The van der Waals surface area contributed by atoms with Crippen LogP contribution in [0.4, 0.5) is 0 Å². The monoisotopic (exact) mass is 768 g/mol. The summed E-state index contributed by atoms with van der Waals surface area (Å²) >= 11 is 7.90. The highest BCUT2D eigenvalue weighted by atomic mass is 35.5. The van der Waals surface area contributed by atoms with Gasteiger partial charge in [-0.05, 0) is 76.3 Å². The van der Waals surface area contributed by atoms with Gasteiger partial charge in [0.15, 0.2) is 5.82 Å². The van der Waals surface area contributed by atoms with Crippen molar-refractivity contribution < 1.29 is 28.7 Å². The number of aromatic nitrogens is 3. The zero-order chi connectivity index (χ0) is 38.1. The maximum absolute atomic E-state index is 13.4. The molecule has 2 aromatic carbocycles. The number of ketones is 1. The maximum atomic E-state index is 13.4. The number of aryl methyl sites for hydroxylation is 2. The molecular formula is C40H41ClN6O6S. The fourth-order valence-electron chi connectivity index (χ4n) is 7.11. The number of hydrogen-bond acceptors (Lipinski definition) is 10. The average Bonchev–Trinajstić information content (AvgIpc) is 3.72. The molecule has 12 nitrogen and oxygen atoms in total. The summed E-state index contributed by atoms with van der Waals surface area (Å²) in [7, 11) is 0. The molecule has 1 fully saturated rings. The van der Waals surface area contributed by atoms with Crippen molar-refractivity contribution in [3.8, 4) is 10.8 Å². The molecule has 0 spiro atoms. The molecule has 280 valence electrons. The van der Waals surface area contributed by atoms with Crippen LogP contribution in [0, 0.1) is 20.8 Å². The number of allylic oxidation sites excluding steroid dienone is 1. The second-order valence-corrected chi connectivity index (χ2v) is 15.4. The summed E-state index contributed by atoms with van der Waals surface area (Å²) in [6.45, 7) is 11.1. The Morgan fingerprint density at radius 3 is 2.54 bits per heavy atom. The summed E-state index contributed by atoms with van der Waals surface area (Å²) in [5.74, 6) is 0.366. The van der Waals surface area contributed by atoms with Gasteiger partial charge < -0.3 is 14.8 Å². The fraction of sp³-hybridized carbons (Fsp3) is 0.375. The molecule has 14 heteroatoms. The third kappa shape index (κ3) is 7.27.